The summed E-state index contributed by atoms with van der Waals surface area (Å²) in [5.41, 5.74) is 2.70. The molecule has 2 aromatic rings. The molecule has 49 heavy (non-hydrogen) atoms. The van der Waals surface area contributed by atoms with Crippen LogP contribution in [-0.4, -0.2) is 108 Å². The average molecular weight is 969 g/mol. The zero-order valence-electron chi connectivity index (χ0n) is 37.1. The van der Waals surface area contributed by atoms with Gasteiger partial charge in [-0.2, -0.15) is 0 Å². The molecule has 13 heteroatoms. The second-order valence-electron chi connectivity index (χ2n) is 21.4. The second kappa shape index (κ2) is 15.1. The molecule has 2 heterocycles. The van der Waals surface area contributed by atoms with Crippen molar-refractivity contribution >= 4 is 115 Å². The first-order chi connectivity index (χ1) is 21.5. The van der Waals surface area contributed by atoms with Crippen LogP contribution in [0.4, 0.5) is 0 Å². The van der Waals surface area contributed by atoms with Gasteiger partial charge in [-0.05, 0) is 0 Å². The summed E-state index contributed by atoms with van der Waals surface area (Å²) in [7, 11) is -9.03. The van der Waals surface area contributed by atoms with Crippen LogP contribution >= 0.6 is 0 Å². The molecule has 2 saturated heterocycles. The van der Waals surface area contributed by atoms with E-state index in [1.807, 2.05) is 0 Å². The summed E-state index contributed by atoms with van der Waals surface area (Å²) in [5, 5.41) is 0. The first-order valence-electron chi connectivity index (χ1n) is 19.1. The Labute approximate surface area is 329 Å². The van der Waals surface area contributed by atoms with E-state index in [0.29, 0.717) is 0 Å². The van der Waals surface area contributed by atoms with Crippen LogP contribution in [0.1, 0.15) is 11.1 Å². The summed E-state index contributed by atoms with van der Waals surface area (Å²) >= 11 is -0.556. The van der Waals surface area contributed by atoms with Gasteiger partial charge in [-0.1, -0.05) is 144 Å². The SMILES string of the molecule is C[Si]1[Si](C)(C)[Si](C)(C)[Si](C)(C)[Si](C)(C)[Si]1(C)C.C[Si]1[Si](C)(C)[Si](C)(C)[Si](C)(C)[Si](C)(C)[Si]1(C)C.Cc1cc[c]([Sn][c]2ccc(C)cc2)cc1. The standard InChI is InChI=1S/2C11H33Si6.2C7H7.Sn/c2*1-12-13(2,3)15(6,7)17(10,11)16(8,9)14(12,4)5;2*1-7-5-3-2-4-6-7;/h2*1-11H3;2*3-6H,1H3;. The van der Waals surface area contributed by atoms with Gasteiger partial charge in [0.1, 0.15) is 0 Å². The zero-order chi connectivity index (χ0) is 38.8. The van der Waals surface area contributed by atoms with Crippen LogP contribution < -0.4 is 7.16 Å². The summed E-state index contributed by atoms with van der Waals surface area (Å²) in [6, 6.07) is 18.0. The molecular formula is C36H80Si12Sn. The van der Waals surface area contributed by atoms with Gasteiger partial charge >= 0.3 is 102 Å². The fourth-order valence-corrected chi connectivity index (χ4v) is 453. The molecule has 0 unspecified atom stereocenters. The fraction of sp³-hybridized carbons (Fsp3) is 0.667. The van der Waals surface area contributed by atoms with Gasteiger partial charge in [-0.25, -0.2) is 0 Å². The van der Waals surface area contributed by atoms with Crippen molar-refractivity contribution in [2.45, 2.75) is 158 Å². The van der Waals surface area contributed by atoms with Crippen LogP contribution in [0.3, 0.4) is 0 Å². The molecular weight excluding hydrogens is 888 g/mol. The molecule has 4 rings (SSSR count). The normalized spacial score (nSPS) is 26.3. The van der Waals surface area contributed by atoms with E-state index in [0.717, 1.165) is 0 Å². The van der Waals surface area contributed by atoms with Crippen molar-refractivity contribution in [3.63, 3.8) is 0 Å². The first kappa shape index (κ1) is 47.0. The van der Waals surface area contributed by atoms with Gasteiger partial charge in [-0.3, -0.25) is 0 Å². The number of rotatable bonds is 2. The van der Waals surface area contributed by atoms with Crippen LogP contribution in [-0.2, 0) is 0 Å². The Hall–Kier alpha value is 1.84. The van der Waals surface area contributed by atoms with E-state index < -0.39 is 92.2 Å². The summed E-state index contributed by atoms with van der Waals surface area (Å²) < 4.78 is 3.10. The Kier molecular flexibility index (Phi) is 14.4. The number of benzene rings is 2. The van der Waals surface area contributed by atoms with Crippen LogP contribution in [0, 0.1) is 13.8 Å². The van der Waals surface area contributed by atoms with Crippen LogP contribution in [0.25, 0.3) is 0 Å². The Bertz CT molecular complexity index is 1270. The van der Waals surface area contributed by atoms with E-state index in [-0.39, 0.29) is 15.7 Å². The maximum absolute atomic E-state index is 2.82. The molecule has 0 bridgehead atoms. The van der Waals surface area contributed by atoms with Crippen molar-refractivity contribution in [3.05, 3.63) is 59.7 Å². The van der Waals surface area contributed by atoms with Crippen molar-refractivity contribution in [1.29, 1.82) is 0 Å². The van der Waals surface area contributed by atoms with Crippen molar-refractivity contribution in [2.75, 3.05) is 0 Å². The molecule has 2 aliphatic rings. The summed E-state index contributed by atoms with van der Waals surface area (Å²) in [6.45, 7) is 66.1. The Morgan fingerprint density at radius 1 is 0.327 bits per heavy atom. The molecule has 0 N–H and O–H groups in total. The van der Waals surface area contributed by atoms with E-state index in [2.05, 4.69) is 206 Å². The second-order valence-corrected chi connectivity index (χ2v) is 162. The van der Waals surface area contributed by atoms with Gasteiger partial charge in [0.05, 0.1) is 0 Å². The number of aryl methyl sites for hydroxylation is 2. The van der Waals surface area contributed by atoms with Crippen molar-refractivity contribution in [3.8, 4) is 0 Å². The molecule has 0 atom stereocenters. The first-order valence-corrected chi connectivity index (χ1v) is 68.0. The molecule has 4 radical (unpaired) electrons. The Morgan fingerprint density at radius 2 is 0.510 bits per heavy atom. The average Bonchev–Trinajstić information content (AvgIpc) is 2.97. The Morgan fingerprint density at radius 3 is 0.694 bits per heavy atom. The third-order valence-corrected chi connectivity index (χ3v) is 305. The molecule has 0 amide bonds. The fourth-order valence-electron chi connectivity index (χ4n) is 9.57. The molecule has 0 aromatic heterocycles. The summed E-state index contributed by atoms with van der Waals surface area (Å²) in [5.74, 6) is 0. The summed E-state index contributed by atoms with van der Waals surface area (Å²) in [6.07, 6.45) is 0. The molecule has 276 valence electrons. The minimum absolute atomic E-state index is 0.00725. The molecule has 0 aliphatic carbocycles. The summed E-state index contributed by atoms with van der Waals surface area (Å²) in [4.78, 5) is 0. The van der Waals surface area contributed by atoms with Crippen molar-refractivity contribution in [1.82, 2.24) is 0 Å². The molecule has 2 aromatic carbocycles. The number of hydrogen-bond acceptors (Lipinski definition) is 0. The van der Waals surface area contributed by atoms with Gasteiger partial charge in [-0.15, -0.1) is 0 Å². The topological polar surface area (TPSA) is 0 Å². The van der Waals surface area contributed by atoms with Gasteiger partial charge in [0.2, 0.25) is 0 Å². The van der Waals surface area contributed by atoms with Crippen LogP contribution in [0.2, 0.25) is 144 Å². The maximum atomic E-state index is 2.82. The minimum atomic E-state index is -0.932. The quantitative estimate of drug-likeness (QED) is 0.263. The van der Waals surface area contributed by atoms with Gasteiger partial charge in [0.15, 0.2) is 0 Å². The third-order valence-electron chi connectivity index (χ3n) is 18.6. The van der Waals surface area contributed by atoms with Crippen molar-refractivity contribution in [2.24, 2.45) is 0 Å². The number of hydrogen-bond donors (Lipinski definition) is 0. The molecule has 0 nitrogen and oxygen atoms in total. The van der Waals surface area contributed by atoms with Crippen LogP contribution in [0.15, 0.2) is 48.5 Å². The molecule has 0 spiro atoms. The van der Waals surface area contributed by atoms with E-state index >= 15 is 0 Å². The van der Waals surface area contributed by atoms with Crippen LogP contribution in [0.5, 0.6) is 0 Å². The van der Waals surface area contributed by atoms with E-state index in [1.165, 1.54) is 11.1 Å². The monoisotopic (exact) mass is 968 g/mol. The predicted molar refractivity (Wildman–Crippen MR) is 265 cm³/mol. The predicted octanol–water partition coefficient (Wildman–Crippen LogP) is 10.2. The third kappa shape index (κ3) is 7.68. The molecule has 2 aliphatic heterocycles. The van der Waals surface area contributed by atoms with Gasteiger partial charge < -0.3 is 0 Å². The van der Waals surface area contributed by atoms with E-state index in [9.17, 15) is 0 Å². The van der Waals surface area contributed by atoms with Gasteiger partial charge in [0.25, 0.3) is 0 Å². The van der Waals surface area contributed by atoms with E-state index in [4.69, 9.17) is 0 Å². The molecule has 2 fully saturated rings. The van der Waals surface area contributed by atoms with E-state index in [1.54, 1.807) is 7.16 Å². The van der Waals surface area contributed by atoms with Gasteiger partial charge in [0, 0.05) is 86.8 Å². The Balaban J connectivity index is 0.000000256. The molecule has 0 saturated carbocycles. The zero-order valence-corrected chi connectivity index (χ0v) is 52.0. The van der Waals surface area contributed by atoms with Crippen molar-refractivity contribution < 1.29 is 0 Å².